The summed E-state index contributed by atoms with van der Waals surface area (Å²) in [4.78, 5) is 17.7. The molecule has 1 N–H and O–H groups in total. The minimum absolute atomic E-state index is 0. The van der Waals surface area contributed by atoms with Crippen molar-refractivity contribution in [1.29, 1.82) is 0 Å². The Morgan fingerprint density at radius 1 is 1.18 bits per heavy atom. The van der Waals surface area contributed by atoms with Gasteiger partial charge >= 0.3 is 0 Å². The van der Waals surface area contributed by atoms with E-state index in [-0.39, 0.29) is 18.3 Å². The first-order valence-corrected chi connectivity index (χ1v) is 10.1. The molecule has 0 aliphatic carbocycles. The molecule has 1 amide bonds. The van der Waals surface area contributed by atoms with E-state index in [0.29, 0.717) is 12.6 Å². The number of halogens is 1. The topological polar surface area (TPSA) is 53.4 Å². The Labute approximate surface area is 173 Å². The van der Waals surface area contributed by atoms with Crippen LogP contribution >= 0.6 is 12.4 Å². The van der Waals surface area contributed by atoms with Crippen LogP contribution in [0.1, 0.15) is 35.0 Å². The van der Waals surface area contributed by atoms with Gasteiger partial charge in [-0.05, 0) is 18.4 Å². The molecule has 0 radical (unpaired) electrons. The molecule has 0 spiro atoms. The van der Waals surface area contributed by atoms with Crippen LogP contribution in [0.2, 0.25) is 0 Å². The number of aromatic nitrogens is 2. The first-order chi connectivity index (χ1) is 13.3. The predicted octanol–water partition coefficient (Wildman–Crippen LogP) is 2.04. The Bertz CT molecular complexity index is 772. The lowest BCUT2D eigenvalue weighted by Gasteiger charge is -2.32. The molecule has 1 unspecified atom stereocenters. The zero-order chi connectivity index (χ0) is 18.6. The first-order valence-electron chi connectivity index (χ1n) is 10.1. The van der Waals surface area contributed by atoms with Crippen LogP contribution < -0.4 is 5.32 Å². The summed E-state index contributed by atoms with van der Waals surface area (Å²) in [5.41, 5.74) is 3.01. The van der Waals surface area contributed by atoms with E-state index in [9.17, 15) is 4.79 Å². The molecule has 1 aromatic carbocycles. The average Bonchev–Trinajstić information content (AvgIpc) is 3.36. The molecule has 3 heterocycles. The highest BCUT2D eigenvalue weighted by Gasteiger charge is 2.32. The summed E-state index contributed by atoms with van der Waals surface area (Å²) in [6, 6.07) is 10.8. The van der Waals surface area contributed by atoms with Gasteiger partial charge in [0.25, 0.3) is 5.91 Å². The van der Waals surface area contributed by atoms with Gasteiger partial charge in [0, 0.05) is 45.3 Å². The van der Waals surface area contributed by atoms with Gasteiger partial charge in [0.15, 0.2) is 0 Å². The molecule has 0 bridgehead atoms. The van der Waals surface area contributed by atoms with E-state index in [1.807, 2.05) is 27.8 Å². The van der Waals surface area contributed by atoms with Crippen LogP contribution in [0, 0.1) is 0 Å². The smallest absolute Gasteiger partial charge is 0.257 e. The summed E-state index contributed by atoms with van der Waals surface area (Å²) in [7, 11) is 0. The van der Waals surface area contributed by atoms with Gasteiger partial charge in [-0.2, -0.15) is 5.10 Å². The minimum Gasteiger partial charge on any atom is -0.337 e. The SMILES string of the molecule is CCc1c(C(=O)N2CCC(N3CCNCC3)C2)cnn1Cc1ccccc1.Cl. The maximum atomic E-state index is 13.2. The van der Waals surface area contributed by atoms with Gasteiger partial charge in [0.05, 0.1) is 24.0 Å². The Morgan fingerprint density at radius 2 is 1.93 bits per heavy atom. The van der Waals surface area contributed by atoms with Crippen molar-refractivity contribution in [3.8, 4) is 0 Å². The largest absolute Gasteiger partial charge is 0.337 e. The monoisotopic (exact) mass is 403 g/mol. The summed E-state index contributed by atoms with van der Waals surface area (Å²) < 4.78 is 1.98. The number of nitrogens with one attached hydrogen (secondary N) is 1. The lowest BCUT2D eigenvalue weighted by molar-refractivity contribution is 0.0772. The van der Waals surface area contributed by atoms with Crippen LogP contribution in [-0.4, -0.2) is 70.8 Å². The zero-order valence-corrected chi connectivity index (χ0v) is 17.3. The molecule has 7 heteroatoms. The van der Waals surface area contributed by atoms with Crippen LogP contribution in [0.25, 0.3) is 0 Å². The van der Waals surface area contributed by atoms with E-state index in [1.165, 1.54) is 5.56 Å². The molecule has 2 fully saturated rings. The van der Waals surface area contributed by atoms with Gasteiger partial charge in [-0.3, -0.25) is 14.4 Å². The summed E-state index contributed by atoms with van der Waals surface area (Å²) >= 11 is 0. The van der Waals surface area contributed by atoms with Crippen molar-refractivity contribution in [2.45, 2.75) is 32.4 Å². The number of rotatable bonds is 5. The van der Waals surface area contributed by atoms with Crippen LogP contribution in [0.15, 0.2) is 36.5 Å². The molecule has 2 saturated heterocycles. The van der Waals surface area contributed by atoms with E-state index >= 15 is 0 Å². The highest BCUT2D eigenvalue weighted by molar-refractivity contribution is 5.95. The number of benzene rings is 1. The quantitative estimate of drug-likeness (QED) is 0.830. The van der Waals surface area contributed by atoms with Crippen molar-refractivity contribution >= 4 is 18.3 Å². The molecular weight excluding hydrogens is 374 g/mol. The Morgan fingerprint density at radius 3 is 2.64 bits per heavy atom. The summed E-state index contributed by atoms with van der Waals surface area (Å²) in [6.07, 6.45) is 3.65. The van der Waals surface area contributed by atoms with Crippen LogP contribution in [0.3, 0.4) is 0 Å². The molecule has 1 atom stereocenters. The van der Waals surface area contributed by atoms with E-state index in [0.717, 1.165) is 63.4 Å². The highest BCUT2D eigenvalue weighted by atomic mass is 35.5. The van der Waals surface area contributed by atoms with Crippen LogP contribution in [-0.2, 0) is 13.0 Å². The second kappa shape index (κ2) is 9.54. The molecule has 4 rings (SSSR count). The van der Waals surface area contributed by atoms with Crippen LogP contribution in [0.5, 0.6) is 0 Å². The number of carbonyl (C=O) groups excluding carboxylic acids is 1. The van der Waals surface area contributed by atoms with Gasteiger partial charge < -0.3 is 10.2 Å². The summed E-state index contributed by atoms with van der Waals surface area (Å²) in [5.74, 6) is 0.142. The lowest BCUT2D eigenvalue weighted by atomic mass is 10.1. The molecule has 152 valence electrons. The average molecular weight is 404 g/mol. The van der Waals surface area contributed by atoms with E-state index < -0.39 is 0 Å². The van der Waals surface area contributed by atoms with Crippen LogP contribution in [0.4, 0.5) is 0 Å². The van der Waals surface area contributed by atoms with Gasteiger partial charge in [-0.15, -0.1) is 12.4 Å². The third-order valence-corrected chi connectivity index (χ3v) is 5.81. The molecular formula is C21H30ClN5O. The van der Waals surface area contributed by atoms with E-state index in [1.54, 1.807) is 6.20 Å². The number of amides is 1. The second-order valence-corrected chi connectivity index (χ2v) is 7.48. The van der Waals surface area contributed by atoms with Crippen molar-refractivity contribution < 1.29 is 4.79 Å². The molecule has 2 aliphatic rings. The van der Waals surface area contributed by atoms with Gasteiger partial charge in [-0.25, -0.2) is 0 Å². The minimum atomic E-state index is 0. The standard InChI is InChI=1S/C21H29N5O.ClH/c1-2-20-19(14-23-26(20)15-17-6-4-3-5-7-17)21(27)25-11-8-18(16-25)24-12-9-22-10-13-24;/h3-7,14,18,22H,2,8-13,15-16H2,1H3;1H. The third kappa shape index (κ3) is 4.40. The molecule has 2 aromatic rings. The number of hydrogen-bond donors (Lipinski definition) is 1. The Hall–Kier alpha value is -1.89. The summed E-state index contributed by atoms with van der Waals surface area (Å²) in [5, 5.41) is 7.94. The second-order valence-electron chi connectivity index (χ2n) is 7.48. The molecule has 2 aliphatic heterocycles. The maximum absolute atomic E-state index is 13.2. The van der Waals surface area contributed by atoms with Crippen molar-refractivity contribution in [3.63, 3.8) is 0 Å². The van der Waals surface area contributed by atoms with E-state index in [2.05, 4.69) is 34.4 Å². The molecule has 0 saturated carbocycles. The van der Waals surface area contributed by atoms with Crippen molar-refractivity contribution in [1.82, 2.24) is 24.9 Å². The summed E-state index contributed by atoms with van der Waals surface area (Å²) in [6.45, 7) is 8.77. The fraction of sp³-hybridized carbons (Fsp3) is 0.524. The van der Waals surface area contributed by atoms with Crippen molar-refractivity contribution in [2.24, 2.45) is 0 Å². The number of carbonyl (C=O) groups is 1. The Balaban J connectivity index is 0.00000225. The normalized spacial score (nSPS) is 20.2. The van der Waals surface area contributed by atoms with Crippen molar-refractivity contribution in [2.75, 3.05) is 39.3 Å². The molecule has 6 nitrogen and oxygen atoms in total. The maximum Gasteiger partial charge on any atom is 0.257 e. The van der Waals surface area contributed by atoms with E-state index in [4.69, 9.17) is 0 Å². The van der Waals surface area contributed by atoms with Gasteiger partial charge in [0.2, 0.25) is 0 Å². The predicted molar refractivity (Wildman–Crippen MR) is 113 cm³/mol. The molecule has 1 aromatic heterocycles. The fourth-order valence-corrected chi connectivity index (χ4v) is 4.30. The first kappa shape index (κ1) is 20.8. The van der Waals surface area contributed by atoms with Gasteiger partial charge in [-0.1, -0.05) is 37.3 Å². The highest BCUT2D eigenvalue weighted by Crippen LogP contribution is 2.21. The lowest BCUT2D eigenvalue weighted by Crippen LogP contribution is -2.49. The number of likely N-dealkylation sites (tertiary alicyclic amines) is 1. The fourth-order valence-electron chi connectivity index (χ4n) is 4.30. The molecule has 28 heavy (non-hydrogen) atoms. The van der Waals surface area contributed by atoms with Gasteiger partial charge in [0.1, 0.15) is 0 Å². The number of nitrogens with zero attached hydrogens (tertiary/aromatic N) is 4. The van der Waals surface area contributed by atoms with Crippen molar-refractivity contribution in [3.05, 3.63) is 53.3 Å². The number of piperazine rings is 1. The Kier molecular flexibility index (Phi) is 7.10. The number of hydrogen-bond acceptors (Lipinski definition) is 4. The zero-order valence-electron chi connectivity index (χ0n) is 16.5. The third-order valence-electron chi connectivity index (χ3n) is 5.81.